The van der Waals surface area contributed by atoms with Crippen LogP contribution in [0.2, 0.25) is 0 Å². The number of hydrogen-bond donors (Lipinski definition) is 5. The zero-order chi connectivity index (χ0) is 15.2. The van der Waals surface area contributed by atoms with Gasteiger partial charge in [0.1, 0.15) is 6.10 Å². The van der Waals surface area contributed by atoms with Crippen LogP contribution in [0.1, 0.15) is 28.4 Å². The van der Waals surface area contributed by atoms with Crippen molar-refractivity contribution in [2.24, 2.45) is 16.7 Å². The second kappa shape index (κ2) is 6.85. The summed E-state index contributed by atoms with van der Waals surface area (Å²) in [7, 11) is 0. The molecule has 0 saturated heterocycles. The minimum absolute atomic E-state index is 0.0229. The summed E-state index contributed by atoms with van der Waals surface area (Å²) in [5, 5.41) is 23.1. The molecule has 21 heavy (non-hydrogen) atoms. The van der Waals surface area contributed by atoms with Gasteiger partial charge in [0.05, 0.1) is 6.61 Å². The van der Waals surface area contributed by atoms with E-state index in [1.807, 2.05) is 0 Å². The van der Waals surface area contributed by atoms with Crippen LogP contribution in [0.4, 0.5) is 0 Å². The first-order valence-electron chi connectivity index (χ1n) is 6.42. The highest BCUT2D eigenvalue weighted by Crippen LogP contribution is 2.23. The van der Waals surface area contributed by atoms with E-state index >= 15 is 0 Å². The number of nitrogens with two attached hydrogens (primary N) is 2. The highest BCUT2D eigenvalue weighted by Gasteiger charge is 2.11. The molecule has 1 unspecified atom stereocenters. The summed E-state index contributed by atoms with van der Waals surface area (Å²) in [6, 6.07) is 14.2. The average molecular weight is 286 g/mol. The van der Waals surface area contributed by atoms with Crippen LogP contribution in [-0.2, 0) is 6.61 Å². The number of nitrogens with zero attached hydrogens (tertiary/aromatic N) is 1. The molecule has 2 rings (SSSR count). The number of hydrazone groups is 1. The van der Waals surface area contributed by atoms with Gasteiger partial charge < -0.3 is 15.9 Å². The van der Waals surface area contributed by atoms with E-state index in [1.54, 1.807) is 48.5 Å². The molecule has 0 spiro atoms. The lowest BCUT2D eigenvalue weighted by Crippen LogP contribution is -2.23. The highest BCUT2D eigenvalue weighted by atomic mass is 16.3. The van der Waals surface area contributed by atoms with Crippen LogP contribution in [-0.4, -0.2) is 16.0 Å². The Morgan fingerprint density at radius 2 is 1.86 bits per heavy atom. The Morgan fingerprint density at radius 3 is 2.48 bits per heavy atom. The number of nitrogens with one attached hydrogen (secondary N) is 1. The van der Waals surface area contributed by atoms with Gasteiger partial charge in [0.15, 0.2) is 5.84 Å². The summed E-state index contributed by atoms with van der Waals surface area (Å²) in [6.07, 6.45) is -0.781. The van der Waals surface area contributed by atoms with Crippen molar-refractivity contribution < 1.29 is 10.2 Å². The predicted molar refractivity (Wildman–Crippen MR) is 80.9 cm³/mol. The summed E-state index contributed by atoms with van der Waals surface area (Å²) >= 11 is 0. The summed E-state index contributed by atoms with van der Waals surface area (Å²) < 4.78 is 0. The quantitative estimate of drug-likeness (QED) is 0.235. The lowest BCUT2D eigenvalue weighted by molar-refractivity contribution is 0.220. The number of aliphatic hydroxyl groups excluding tert-OH is 2. The van der Waals surface area contributed by atoms with Crippen molar-refractivity contribution in [2.45, 2.75) is 12.7 Å². The maximum absolute atomic E-state index is 10.4. The van der Waals surface area contributed by atoms with Crippen molar-refractivity contribution in [2.75, 3.05) is 0 Å². The van der Waals surface area contributed by atoms with E-state index in [2.05, 4.69) is 10.6 Å². The van der Waals surface area contributed by atoms with Crippen LogP contribution in [0.15, 0.2) is 53.6 Å². The Kier molecular flexibility index (Phi) is 4.89. The monoisotopic (exact) mass is 286 g/mol. The van der Waals surface area contributed by atoms with Gasteiger partial charge in [0, 0.05) is 5.56 Å². The molecule has 0 heterocycles. The van der Waals surface area contributed by atoms with Gasteiger partial charge in [-0.1, -0.05) is 42.5 Å². The molecule has 6 nitrogen and oxygen atoms in total. The Labute approximate surface area is 122 Å². The molecule has 1 atom stereocenters. The van der Waals surface area contributed by atoms with Gasteiger partial charge in [0.25, 0.3) is 0 Å². The molecular formula is C15H18N4O2. The standard InChI is InChI=1S/C15H18N4O2/c16-15(18-19-17)13-3-1-2-12(8-13)14(21)11-6-4-10(9-20)5-7-11/h1-8,14,19-21H,9,17H2,(H2,16,18). The smallest absolute Gasteiger partial charge is 0.152 e. The first kappa shape index (κ1) is 15.0. The third kappa shape index (κ3) is 3.57. The van der Waals surface area contributed by atoms with E-state index in [4.69, 9.17) is 16.7 Å². The average Bonchev–Trinajstić information content (AvgIpc) is 2.54. The number of aliphatic hydroxyl groups is 2. The van der Waals surface area contributed by atoms with E-state index in [9.17, 15) is 5.11 Å². The first-order valence-corrected chi connectivity index (χ1v) is 6.42. The number of benzene rings is 2. The van der Waals surface area contributed by atoms with E-state index < -0.39 is 6.10 Å². The third-order valence-electron chi connectivity index (χ3n) is 3.16. The number of rotatable bonds is 5. The Morgan fingerprint density at radius 1 is 1.14 bits per heavy atom. The minimum Gasteiger partial charge on any atom is -0.392 e. The molecular weight excluding hydrogens is 268 g/mol. The van der Waals surface area contributed by atoms with Gasteiger partial charge >= 0.3 is 0 Å². The summed E-state index contributed by atoms with van der Waals surface area (Å²) in [6.45, 7) is -0.0229. The molecule has 0 saturated carbocycles. The van der Waals surface area contributed by atoms with E-state index in [1.165, 1.54) is 0 Å². The van der Waals surface area contributed by atoms with Crippen molar-refractivity contribution in [3.05, 3.63) is 70.8 Å². The third-order valence-corrected chi connectivity index (χ3v) is 3.16. The van der Waals surface area contributed by atoms with Crippen LogP contribution < -0.4 is 17.1 Å². The summed E-state index contributed by atoms with van der Waals surface area (Å²) in [5.41, 5.74) is 10.8. The zero-order valence-corrected chi connectivity index (χ0v) is 11.4. The van der Waals surface area contributed by atoms with Gasteiger partial charge in [-0.25, -0.2) is 11.4 Å². The van der Waals surface area contributed by atoms with Crippen molar-refractivity contribution in [1.29, 1.82) is 0 Å². The van der Waals surface area contributed by atoms with Crippen LogP contribution in [0.5, 0.6) is 0 Å². The fourth-order valence-corrected chi connectivity index (χ4v) is 2.00. The molecule has 6 heteroatoms. The molecule has 0 aliphatic rings. The van der Waals surface area contributed by atoms with Gasteiger partial charge in [-0.3, -0.25) is 0 Å². The summed E-state index contributed by atoms with van der Waals surface area (Å²) in [4.78, 5) is 0. The van der Waals surface area contributed by atoms with Crippen LogP contribution in [0.3, 0.4) is 0 Å². The Hall–Kier alpha value is -2.41. The topological polar surface area (TPSA) is 117 Å². The molecule has 0 aliphatic carbocycles. The largest absolute Gasteiger partial charge is 0.392 e. The number of amidine groups is 1. The predicted octanol–water partition coefficient (Wildman–Crippen LogP) is 0.344. The van der Waals surface area contributed by atoms with Crippen LogP contribution in [0, 0.1) is 0 Å². The SMILES string of the molecule is NN/N=C(\N)c1cccc(C(O)c2ccc(CO)cc2)c1. The Bertz CT molecular complexity index is 626. The molecule has 0 bridgehead atoms. The van der Waals surface area contributed by atoms with E-state index in [0.717, 1.165) is 11.1 Å². The fourth-order valence-electron chi connectivity index (χ4n) is 2.00. The molecule has 2 aromatic carbocycles. The van der Waals surface area contributed by atoms with Crippen molar-refractivity contribution in [3.63, 3.8) is 0 Å². The van der Waals surface area contributed by atoms with Crippen molar-refractivity contribution in [1.82, 2.24) is 5.53 Å². The molecule has 0 radical (unpaired) electrons. The van der Waals surface area contributed by atoms with Gasteiger partial charge in [-0.15, -0.1) is 5.10 Å². The maximum Gasteiger partial charge on any atom is 0.152 e. The second-order valence-electron chi connectivity index (χ2n) is 4.55. The molecule has 0 aliphatic heterocycles. The van der Waals surface area contributed by atoms with E-state index in [0.29, 0.717) is 11.1 Å². The minimum atomic E-state index is -0.781. The second-order valence-corrected chi connectivity index (χ2v) is 4.55. The Balaban J connectivity index is 2.28. The molecule has 2 aromatic rings. The van der Waals surface area contributed by atoms with Gasteiger partial charge in [-0.2, -0.15) is 0 Å². The molecule has 110 valence electrons. The van der Waals surface area contributed by atoms with Crippen LogP contribution in [0.25, 0.3) is 0 Å². The number of hydrogen-bond acceptors (Lipinski definition) is 5. The number of hydrazine groups is 1. The van der Waals surface area contributed by atoms with Crippen LogP contribution >= 0.6 is 0 Å². The van der Waals surface area contributed by atoms with Gasteiger partial charge in [-0.05, 0) is 22.8 Å². The zero-order valence-electron chi connectivity index (χ0n) is 11.4. The van der Waals surface area contributed by atoms with Crippen molar-refractivity contribution >= 4 is 5.84 Å². The molecule has 0 fully saturated rings. The molecule has 0 aromatic heterocycles. The fraction of sp³-hybridized carbons (Fsp3) is 0.133. The lowest BCUT2D eigenvalue weighted by atomic mass is 9.98. The lowest BCUT2D eigenvalue weighted by Gasteiger charge is -2.13. The summed E-state index contributed by atoms with van der Waals surface area (Å²) in [5.74, 6) is 5.33. The normalized spacial score (nSPS) is 13.0. The van der Waals surface area contributed by atoms with Gasteiger partial charge in [0.2, 0.25) is 0 Å². The molecule has 7 N–H and O–H groups in total. The molecule has 0 amide bonds. The first-order chi connectivity index (χ1) is 10.2. The maximum atomic E-state index is 10.4. The van der Waals surface area contributed by atoms with E-state index in [-0.39, 0.29) is 12.4 Å². The highest BCUT2D eigenvalue weighted by molar-refractivity contribution is 5.97. The van der Waals surface area contributed by atoms with Crippen molar-refractivity contribution in [3.8, 4) is 0 Å².